The zero-order chi connectivity index (χ0) is 14.5. The summed E-state index contributed by atoms with van der Waals surface area (Å²) in [6, 6.07) is 7.44. The molecule has 1 N–H and O–H groups in total. The average molecular weight is 277 g/mol. The number of esters is 1. The third-order valence-corrected chi connectivity index (χ3v) is 3.40. The summed E-state index contributed by atoms with van der Waals surface area (Å²) in [5.41, 5.74) is 0.969. The van der Waals surface area contributed by atoms with E-state index >= 15 is 0 Å². The number of cyclic esters (lactones) is 1. The first-order chi connectivity index (χ1) is 9.65. The van der Waals surface area contributed by atoms with Gasteiger partial charge in [0, 0.05) is 6.54 Å². The Balaban J connectivity index is 1.84. The van der Waals surface area contributed by atoms with Crippen molar-refractivity contribution in [2.75, 3.05) is 7.11 Å². The van der Waals surface area contributed by atoms with Gasteiger partial charge in [-0.05, 0) is 24.1 Å². The van der Waals surface area contributed by atoms with Gasteiger partial charge in [0.25, 0.3) is 5.91 Å². The molecule has 20 heavy (non-hydrogen) atoms. The fourth-order valence-corrected chi connectivity index (χ4v) is 2.20. The van der Waals surface area contributed by atoms with Gasteiger partial charge in [-0.2, -0.15) is 0 Å². The minimum absolute atomic E-state index is 0.223. The van der Waals surface area contributed by atoms with Crippen molar-refractivity contribution >= 4 is 11.9 Å². The number of rotatable bonds is 6. The molecule has 5 nitrogen and oxygen atoms in total. The third kappa shape index (κ3) is 3.10. The van der Waals surface area contributed by atoms with Crippen LogP contribution in [0.15, 0.2) is 24.3 Å². The predicted molar refractivity (Wildman–Crippen MR) is 73.1 cm³/mol. The first kappa shape index (κ1) is 14.4. The quantitative estimate of drug-likeness (QED) is 0.803. The summed E-state index contributed by atoms with van der Waals surface area (Å²) >= 11 is 0. The molecule has 5 heteroatoms. The van der Waals surface area contributed by atoms with Crippen molar-refractivity contribution in [1.29, 1.82) is 0 Å². The van der Waals surface area contributed by atoms with E-state index in [0.29, 0.717) is 13.0 Å². The van der Waals surface area contributed by atoms with Gasteiger partial charge < -0.3 is 14.8 Å². The molecule has 1 fully saturated rings. The van der Waals surface area contributed by atoms with Crippen molar-refractivity contribution in [3.63, 3.8) is 0 Å². The van der Waals surface area contributed by atoms with Crippen molar-refractivity contribution in [3.05, 3.63) is 29.8 Å². The Morgan fingerprint density at radius 3 is 2.60 bits per heavy atom. The van der Waals surface area contributed by atoms with Gasteiger partial charge in [0.15, 0.2) is 6.10 Å². The van der Waals surface area contributed by atoms with Crippen molar-refractivity contribution in [2.24, 2.45) is 5.92 Å². The summed E-state index contributed by atoms with van der Waals surface area (Å²) in [6.07, 6.45) is 0.933. The molecular formula is C15H19NO4. The fourth-order valence-electron chi connectivity index (χ4n) is 2.20. The van der Waals surface area contributed by atoms with E-state index in [1.165, 1.54) is 0 Å². The Morgan fingerprint density at radius 1 is 1.35 bits per heavy atom. The number of carbonyl (C=O) groups excluding carboxylic acids is 2. The lowest BCUT2D eigenvalue weighted by Crippen LogP contribution is -2.53. The highest BCUT2D eigenvalue weighted by molar-refractivity contribution is 5.94. The van der Waals surface area contributed by atoms with Crippen LogP contribution < -0.4 is 10.1 Å². The fraction of sp³-hybridized carbons (Fsp3) is 0.467. The normalized spacial score (nSPS) is 20.8. The minimum atomic E-state index is -0.624. The lowest BCUT2D eigenvalue weighted by Gasteiger charge is -2.33. The smallest absolute Gasteiger partial charge is 0.314 e. The Morgan fingerprint density at radius 2 is 2.05 bits per heavy atom. The molecule has 1 saturated heterocycles. The Hall–Kier alpha value is -2.04. The number of methoxy groups -OCH3 is 1. The van der Waals surface area contributed by atoms with Crippen LogP contribution in [0.2, 0.25) is 0 Å². The summed E-state index contributed by atoms with van der Waals surface area (Å²) in [6.45, 7) is 2.40. The molecule has 1 amide bonds. The van der Waals surface area contributed by atoms with E-state index in [2.05, 4.69) is 5.32 Å². The molecule has 1 unspecified atom stereocenters. The lowest BCUT2D eigenvalue weighted by atomic mass is 9.91. The Kier molecular flexibility index (Phi) is 4.61. The van der Waals surface area contributed by atoms with Crippen LogP contribution in [0.1, 0.15) is 25.3 Å². The summed E-state index contributed by atoms with van der Waals surface area (Å²) in [5.74, 6) is 0.00203. The zero-order valence-electron chi connectivity index (χ0n) is 11.7. The largest absolute Gasteiger partial charge is 0.497 e. The van der Waals surface area contributed by atoms with Gasteiger partial charge in [0.05, 0.1) is 7.11 Å². The molecule has 1 aliphatic rings. The van der Waals surface area contributed by atoms with Crippen LogP contribution in [0.25, 0.3) is 0 Å². The minimum Gasteiger partial charge on any atom is -0.497 e. The number of ether oxygens (including phenoxy) is 2. The van der Waals surface area contributed by atoms with Gasteiger partial charge in [-0.1, -0.05) is 25.5 Å². The second-order valence-electron chi connectivity index (χ2n) is 4.82. The standard InChI is InChI=1S/C15H19NO4/c1-3-4-12-13(20-15(12)18)14(17)16-9-10-5-7-11(19-2)8-6-10/h5-8,12-13H,3-4,9H2,1-2H3,(H,16,17)/t12?,13-/m1/s1. The highest BCUT2D eigenvalue weighted by atomic mass is 16.6. The zero-order valence-corrected chi connectivity index (χ0v) is 11.7. The molecule has 0 aromatic heterocycles. The molecule has 1 aromatic rings. The summed E-state index contributed by atoms with van der Waals surface area (Å²) in [4.78, 5) is 23.2. The molecule has 0 saturated carbocycles. The Bertz CT molecular complexity index is 483. The molecule has 0 bridgehead atoms. The van der Waals surface area contributed by atoms with Gasteiger partial charge >= 0.3 is 5.97 Å². The van der Waals surface area contributed by atoms with E-state index in [1.807, 2.05) is 31.2 Å². The molecule has 2 atom stereocenters. The highest BCUT2D eigenvalue weighted by Crippen LogP contribution is 2.27. The van der Waals surface area contributed by atoms with Crippen LogP contribution in [0.3, 0.4) is 0 Å². The van der Waals surface area contributed by atoms with Crippen LogP contribution >= 0.6 is 0 Å². The number of amides is 1. The average Bonchev–Trinajstić information content (AvgIpc) is 2.48. The molecule has 108 valence electrons. The van der Waals surface area contributed by atoms with Crippen LogP contribution in [0, 0.1) is 5.92 Å². The first-order valence-electron chi connectivity index (χ1n) is 6.76. The van der Waals surface area contributed by atoms with Crippen molar-refractivity contribution in [2.45, 2.75) is 32.4 Å². The van der Waals surface area contributed by atoms with Crippen LogP contribution in [0.4, 0.5) is 0 Å². The van der Waals surface area contributed by atoms with Crippen molar-refractivity contribution in [1.82, 2.24) is 5.32 Å². The van der Waals surface area contributed by atoms with E-state index in [4.69, 9.17) is 9.47 Å². The van der Waals surface area contributed by atoms with Gasteiger partial charge in [0.1, 0.15) is 11.7 Å². The SMILES string of the molecule is CCCC1C(=O)O[C@H]1C(=O)NCc1ccc(OC)cc1. The first-order valence-corrected chi connectivity index (χ1v) is 6.76. The van der Waals surface area contributed by atoms with E-state index < -0.39 is 6.10 Å². The van der Waals surface area contributed by atoms with Gasteiger partial charge in [-0.15, -0.1) is 0 Å². The molecular weight excluding hydrogens is 258 g/mol. The lowest BCUT2D eigenvalue weighted by molar-refractivity contribution is -0.189. The number of nitrogens with one attached hydrogen (secondary N) is 1. The molecule has 0 spiro atoms. The monoisotopic (exact) mass is 277 g/mol. The van der Waals surface area contributed by atoms with E-state index in [0.717, 1.165) is 17.7 Å². The number of hydrogen-bond donors (Lipinski definition) is 1. The predicted octanol–water partition coefficient (Wildman–Crippen LogP) is 1.65. The maximum atomic E-state index is 11.9. The molecule has 2 rings (SSSR count). The second kappa shape index (κ2) is 6.41. The van der Waals surface area contributed by atoms with Crippen molar-refractivity contribution in [3.8, 4) is 5.75 Å². The van der Waals surface area contributed by atoms with Crippen LogP contribution in [-0.4, -0.2) is 25.1 Å². The molecule has 1 heterocycles. The third-order valence-electron chi connectivity index (χ3n) is 3.40. The van der Waals surface area contributed by atoms with Gasteiger partial charge in [-0.25, -0.2) is 0 Å². The molecule has 1 aromatic carbocycles. The summed E-state index contributed by atoms with van der Waals surface area (Å²) in [7, 11) is 1.61. The number of carbonyl (C=O) groups is 2. The highest BCUT2D eigenvalue weighted by Gasteiger charge is 2.46. The van der Waals surface area contributed by atoms with Crippen molar-refractivity contribution < 1.29 is 19.1 Å². The van der Waals surface area contributed by atoms with E-state index in [9.17, 15) is 9.59 Å². The number of hydrogen-bond acceptors (Lipinski definition) is 4. The molecule has 1 aliphatic heterocycles. The maximum absolute atomic E-state index is 11.9. The summed E-state index contributed by atoms with van der Waals surface area (Å²) < 4.78 is 9.99. The maximum Gasteiger partial charge on any atom is 0.314 e. The number of benzene rings is 1. The van der Waals surface area contributed by atoms with E-state index in [1.54, 1.807) is 7.11 Å². The van der Waals surface area contributed by atoms with Crippen LogP contribution in [0.5, 0.6) is 5.75 Å². The Labute approximate surface area is 118 Å². The topological polar surface area (TPSA) is 64.6 Å². The van der Waals surface area contributed by atoms with Gasteiger partial charge in [0.2, 0.25) is 0 Å². The summed E-state index contributed by atoms with van der Waals surface area (Å²) in [5, 5.41) is 2.79. The van der Waals surface area contributed by atoms with Gasteiger partial charge in [-0.3, -0.25) is 9.59 Å². The molecule has 0 aliphatic carbocycles. The molecule has 0 radical (unpaired) electrons. The van der Waals surface area contributed by atoms with Crippen LogP contribution in [-0.2, 0) is 20.9 Å². The second-order valence-corrected chi connectivity index (χ2v) is 4.82. The van der Waals surface area contributed by atoms with E-state index in [-0.39, 0.29) is 17.8 Å².